The van der Waals surface area contributed by atoms with E-state index in [4.69, 9.17) is 4.74 Å². The lowest BCUT2D eigenvalue weighted by molar-refractivity contribution is -0.126. The van der Waals surface area contributed by atoms with Gasteiger partial charge >= 0.3 is 0 Å². The number of hydrogen-bond donors (Lipinski definition) is 1. The highest BCUT2D eigenvalue weighted by Crippen LogP contribution is 2.35. The van der Waals surface area contributed by atoms with E-state index in [1.807, 2.05) is 29.2 Å². The van der Waals surface area contributed by atoms with Crippen molar-refractivity contribution in [3.8, 4) is 5.75 Å². The number of carbonyl (C=O) groups is 1. The van der Waals surface area contributed by atoms with Gasteiger partial charge in [0, 0.05) is 34.8 Å². The van der Waals surface area contributed by atoms with Crippen LogP contribution in [0.3, 0.4) is 0 Å². The lowest BCUT2D eigenvalue weighted by Gasteiger charge is -2.25. The van der Waals surface area contributed by atoms with E-state index >= 15 is 0 Å². The first-order valence-electron chi connectivity index (χ1n) is 10.7. The molecule has 2 saturated heterocycles. The molecule has 4 rings (SSSR count). The zero-order valence-corrected chi connectivity index (χ0v) is 19.8. The average Bonchev–Trinajstić information content (AvgIpc) is 3.33. The Balaban J connectivity index is 1.49. The fourth-order valence-electron chi connectivity index (χ4n) is 4.33. The molecule has 0 radical (unpaired) electrons. The molecule has 0 aliphatic carbocycles. The number of hydrogen-bond acceptors (Lipinski definition) is 6. The zero-order valence-electron chi connectivity index (χ0n) is 18.2. The standard InChI is InChI=1S/C23H26F2N2O4S2/c1-31-18-3-5-19(6-4-18)32-20-11-22(23(28)26-17-8-9-33(29,30)14-17)27(13-20)12-15-10-16(24)2-7-21(15)25/h2-7,10,17,20,22H,8-9,11-14H2,1H3,(H,26,28)/t17-,20+,22-/m0/s1. The van der Waals surface area contributed by atoms with Gasteiger partial charge in [-0.15, -0.1) is 11.8 Å². The summed E-state index contributed by atoms with van der Waals surface area (Å²) in [5.74, 6) is -0.578. The number of methoxy groups -OCH3 is 1. The van der Waals surface area contributed by atoms with Crippen molar-refractivity contribution in [2.75, 3.05) is 25.2 Å². The van der Waals surface area contributed by atoms with Gasteiger partial charge in [-0.05, 0) is 55.3 Å². The fraction of sp³-hybridized carbons (Fsp3) is 0.435. The monoisotopic (exact) mass is 496 g/mol. The molecule has 2 aliphatic rings. The number of ether oxygens (including phenoxy) is 1. The summed E-state index contributed by atoms with van der Waals surface area (Å²) < 4.78 is 56.7. The largest absolute Gasteiger partial charge is 0.497 e. The van der Waals surface area contributed by atoms with Crippen LogP contribution in [-0.4, -0.2) is 61.7 Å². The predicted molar refractivity (Wildman–Crippen MR) is 123 cm³/mol. The highest BCUT2D eigenvalue weighted by atomic mass is 32.2. The summed E-state index contributed by atoms with van der Waals surface area (Å²) in [6.45, 7) is 0.595. The van der Waals surface area contributed by atoms with Gasteiger partial charge in [-0.3, -0.25) is 9.69 Å². The molecule has 2 heterocycles. The van der Waals surface area contributed by atoms with Crippen LogP contribution in [0, 0.1) is 11.6 Å². The van der Waals surface area contributed by atoms with Gasteiger partial charge in [0.05, 0.1) is 24.7 Å². The molecule has 0 saturated carbocycles. The van der Waals surface area contributed by atoms with Gasteiger partial charge in [0.25, 0.3) is 0 Å². The minimum absolute atomic E-state index is 0.0538. The van der Waals surface area contributed by atoms with Gasteiger partial charge in [-0.2, -0.15) is 0 Å². The second-order valence-corrected chi connectivity index (χ2v) is 12.0. The van der Waals surface area contributed by atoms with E-state index in [1.54, 1.807) is 18.9 Å². The van der Waals surface area contributed by atoms with Crippen LogP contribution in [0.1, 0.15) is 18.4 Å². The number of halogens is 2. The van der Waals surface area contributed by atoms with E-state index in [0.29, 0.717) is 19.4 Å². The number of carbonyl (C=O) groups excluding carboxylic acids is 1. The van der Waals surface area contributed by atoms with Crippen molar-refractivity contribution in [3.63, 3.8) is 0 Å². The van der Waals surface area contributed by atoms with Gasteiger partial charge in [-0.25, -0.2) is 17.2 Å². The van der Waals surface area contributed by atoms with Crippen molar-refractivity contribution in [2.45, 2.75) is 41.6 Å². The Morgan fingerprint density at radius 2 is 1.97 bits per heavy atom. The Morgan fingerprint density at radius 1 is 1.21 bits per heavy atom. The molecule has 0 bridgehead atoms. The maximum Gasteiger partial charge on any atom is 0.237 e. The summed E-state index contributed by atoms with van der Waals surface area (Å²) >= 11 is 1.61. The molecular formula is C23H26F2N2O4S2. The third kappa shape index (κ3) is 6.04. The van der Waals surface area contributed by atoms with Gasteiger partial charge in [0.15, 0.2) is 9.84 Å². The summed E-state index contributed by atoms with van der Waals surface area (Å²) in [7, 11) is -1.53. The summed E-state index contributed by atoms with van der Waals surface area (Å²) in [5.41, 5.74) is 0.186. The Bertz CT molecular complexity index is 1110. The number of nitrogens with zero attached hydrogens (tertiary/aromatic N) is 1. The molecule has 1 amide bonds. The molecule has 0 unspecified atom stereocenters. The Morgan fingerprint density at radius 3 is 2.64 bits per heavy atom. The zero-order chi connectivity index (χ0) is 23.6. The van der Waals surface area contributed by atoms with E-state index in [-0.39, 0.29) is 34.8 Å². The van der Waals surface area contributed by atoms with Gasteiger partial charge in [0.1, 0.15) is 17.4 Å². The molecule has 0 aromatic heterocycles. The Kier molecular flexibility index (Phi) is 7.25. The van der Waals surface area contributed by atoms with Crippen molar-refractivity contribution >= 4 is 27.5 Å². The van der Waals surface area contributed by atoms with Gasteiger partial charge in [0.2, 0.25) is 5.91 Å². The van der Waals surface area contributed by atoms with Crippen LogP contribution in [0.25, 0.3) is 0 Å². The maximum atomic E-state index is 14.3. The average molecular weight is 497 g/mol. The van der Waals surface area contributed by atoms with E-state index < -0.39 is 33.6 Å². The molecule has 2 aromatic rings. The van der Waals surface area contributed by atoms with E-state index in [9.17, 15) is 22.0 Å². The van der Waals surface area contributed by atoms with Gasteiger partial charge in [-0.1, -0.05) is 0 Å². The van der Waals surface area contributed by atoms with Crippen molar-refractivity contribution in [1.29, 1.82) is 0 Å². The van der Waals surface area contributed by atoms with Crippen LogP contribution in [0.2, 0.25) is 0 Å². The number of thioether (sulfide) groups is 1. The van der Waals surface area contributed by atoms with Crippen molar-refractivity contribution in [2.24, 2.45) is 0 Å². The Hall–Kier alpha value is -2.17. The molecule has 3 atom stereocenters. The van der Waals surface area contributed by atoms with Crippen LogP contribution in [0.4, 0.5) is 8.78 Å². The van der Waals surface area contributed by atoms with Crippen LogP contribution in [0.5, 0.6) is 5.75 Å². The molecule has 178 valence electrons. The highest BCUT2D eigenvalue weighted by Gasteiger charge is 2.39. The van der Waals surface area contributed by atoms with Crippen molar-refractivity contribution in [3.05, 3.63) is 59.7 Å². The van der Waals surface area contributed by atoms with Crippen molar-refractivity contribution in [1.82, 2.24) is 10.2 Å². The van der Waals surface area contributed by atoms with Crippen molar-refractivity contribution < 1.29 is 26.7 Å². The molecule has 10 heteroatoms. The molecule has 2 aromatic carbocycles. The van der Waals surface area contributed by atoms with Gasteiger partial charge < -0.3 is 10.1 Å². The molecule has 2 fully saturated rings. The quantitative estimate of drug-likeness (QED) is 0.635. The molecule has 1 N–H and O–H groups in total. The molecular weight excluding hydrogens is 470 g/mol. The maximum absolute atomic E-state index is 14.3. The van der Waals surface area contributed by atoms with Crippen LogP contribution >= 0.6 is 11.8 Å². The third-order valence-electron chi connectivity index (χ3n) is 5.99. The smallest absolute Gasteiger partial charge is 0.237 e. The number of nitrogens with one attached hydrogen (secondary N) is 1. The lowest BCUT2D eigenvalue weighted by atomic mass is 10.1. The minimum Gasteiger partial charge on any atom is -0.497 e. The predicted octanol–water partition coefficient (Wildman–Crippen LogP) is 3.01. The van der Waals surface area contributed by atoms with Crippen LogP contribution < -0.4 is 10.1 Å². The minimum atomic E-state index is -3.13. The SMILES string of the molecule is COc1ccc(S[C@@H]2C[C@@H](C(=O)N[C@H]3CCS(=O)(=O)C3)N(Cc3cc(F)ccc3F)C2)cc1. The second kappa shape index (κ2) is 9.99. The number of likely N-dealkylation sites (tertiary alicyclic amines) is 1. The molecule has 33 heavy (non-hydrogen) atoms. The van der Waals surface area contributed by atoms with E-state index in [2.05, 4.69) is 5.32 Å². The van der Waals surface area contributed by atoms with Crippen LogP contribution in [-0.2, 0) is 21.2 Å². The molecule has 0 spiro atoms. The normalized spacial score (nSPS) is 24.6. The molecule has 6 nitrogen and oxygen atoms in total. The fourth-order valence-corrected chi connectivity index (χ4v) is 7.23. The summed E-state index contributed by atoms with van der Waals surface area (Å²) in [6.07, 6.45) is 0.905. The summed E-state index contributed by atoms with van der Waals surface area (Å²) in [5, 5.41) is 2.92. The summed E-state index contributed by atoms with van der Waals surface area (Å²) in [4.78, 5) is 16.0. The first kappa shape index (κ1) is 24.0. The third-order valence-corrected chi connectivity index (χ3v) is 8.98. The number of rotatable bonds is 7. The summed E-state index contributed by atoms with van der Waals surface area (Å²) in [6, 6.07) is 9.93. The number of sulfone groups is 1. The number of benzene rings is 2. The first-order valence-corrected chi connectivity index (χ1v) is 13.4. The Labute approximate surface area is 196 Å². The van der Waals surface area contributed by atoms with E-state index in [1.165, 1.54) is 0 Å². The second-order valence-electron chi connectivity index (χ2n) is 8.44. The lowest BCUT2D eigenvalue weighted by Crippen LogP contribution is -2.47. The first-order chi connectivity index (χ1) is 15.7. The van der Waals surface area contributed by atoms with Crippen LogP contribution in [0.15, 0.2) is 47.4 Å². The number of amides is 1. The topological polar surface area (TPSA) is 75.7 Å². The van der Waals surface area contributed by atoms with E-state index in [0.717, 1.165) is 28.8 Å². The molecule has 2 aliphatic heterocycles. The highest BCUT2D eigenvalue weighted by molar-refractivity contribution is 8.00.